The van der Waals surface area contributed by atoms with Gasteiger partial charge in [0.25, 0.3) is 6.43 Å². The van der Waals surface area contributed by atoms with Gasteiger partial charge in [-0.15, -0.1) is 0 Å². The summed E-state index contributed by atoms with van der Waals surface area (Å²) in [7, 11) is 0. The average molecular weight is 300 g/mol. The maximum Gasteiger partial charge on any atom is 0.339 e. The van der Waals surface area contributed by atoms with Gasteiger partial charge < -0.3 is 9.84 Å². The number of carbonyl (C=O) groups is 1. The number of aromatic nitrogens is 2. The van der Waals surface area contributed by atoms with E-state index < -0.39 is 29.3 Å². The lowest BCUT2D eigenvalue weighted by Crippen LogP contribution is -2.35. The zero-order chi connectivity index (χ0) is 15.5. The first-order valence-electron chi connectivity index (χ1n) is 7.03. The van der Waals surface area contributed by atoms with Crippen molar-refractivity contribution < 1.29 is 23.4 Å². The lowest BCUT2D eigenvalue weighted by molar-refractivity contribution is -0.0771. The molecule has 21 heavy (non-hydrogen) atoms. The van der Waals surface area contributed by atoms with E-state index in [-0.39, 0.29) is 5.82 Å². The van der Waals surface area contributed by atoms with E-state index in [9.17, 15) is 13.6 Å². The molecule has 1 aromatic rings. The summed E-state index contributed by atoms with van der Waals surface area (Å²) < 4.78 is 31.9. The van der Waals surface area contributed by atoms with Crippen molar-refractivity contribution >= 4 is 5.97 Å². The van der Waals surface area contributed by atoms with Crippen LogP contribution in [0.2, 0.25) is 0 Å². The normalized spacial score (nSPS) is 17.9. The average Bonchev–Trinajstić information content (AvgIpc) is 2.47. The fourth-order valence-corrected chi connectivity index (χ4v) is 2.78. The molecule has 0 spiro atoms. The predicted octanol–water partition coefficient (Wildman–Crippen LogP) is 3.31. The lowest BCUT2D eigenvalue weighted by Gasteiger charge is -2.35. The molecule has 0 bridgehead atoms. The Kier molecular flexibility index (Phi) is 4.82. The molecule has 1 heterocycles. The third-order valence-corrected chi connectivity index (χ3v) is 3.74. The van der Waals surface area contributed by atoms with Gasteiger partial charge in [-0.3, -0.25) is 0 Å². The fraction of sp³-hybridized carbons (Fsp3) is 0.643. The van der Waals surface area contributed by atoms with Crippen molar-refractivity contribution in [3.05, 3.63) is 23.3 Å². The van der Waals surface area contributed by atoms with Crippen LogP contribution < -0.4 is 0 Å². The maximum atomic E-state index is 13.1. The summed E-state index contributed by atoms with van der Waals surface area (Å²) in [6.45, 7) is 2.25. The Morgan fingerprint density at radius 1 is 1.43 bits per heavy atom. The van der Waals surface area contributed by atoms with Crippen LogP contribution in [0.3, 0.4) is 0 Å². The second-order valence-corrected chi connectivity index (χ2v) is 5.09. The molecule has 0 atom stereocenters. The smallest absolute Gasteiger partial charge is 0.339 e. The monoisotopic (exact) mass is 300 g/mol. The topological polar surface area (TPSA) is 72.3 Å². The summed E-state index contributed by atoms with van der Waals surface area (Å²) >= 11 is 0. The Labute approximate surface area is 121 Å². The Morgan fingerprint density at radius 2 is 2.10 bits per heavy atom. The van der Waals surface area contributed by atoms with Crippen molar-refractivity contribution in [3.8, 4) is 0 Å². The SMILES string of the molecule is CCOC1(c2ncc(C(=O)O)c(C(F)F)n2)CCCCC1. The highest BCUT2D eigenvalue weighted by molar-refractivity contribution is 5.88. The number of carboxylic acids is 1. The molecule has 1 aliphatic carbocycles. The zero-order valence-corrected chi connectivity index (χ0v) is 11.8. The molecule has 1 saturated carbocycles. The molecular weight excluding hydrogens is 282 g/mol. The number of halogens is 2. The van der Waals surface area contributed by atoms with Gasteiger partial charge in [0.15, 0.2) is 5.82 Å². The van der Waals surface area contributed by atoms with Crippen molar-refractivity contribution in [2.45, 2.75) is 51.1 Å². The van der Waals surface area contributed by atoms with Crippen LogP contribution in [-0.2, 0) is 10.3 Å². The summed E-state index contributed by atoms with van der Waals surface area (Å²) in [5, 5.41) is 8.94. The minimum Gasteiger partial charge on any atom is -0.478 e. The largest absolute Gasteiger partial charge is 0.478 e. The van der Waals surface area contributed by atoms with Gasteiger partial charge in [-0.1, -0.05) is 19.3 Å². The molecule has 0 amide bonds. The highest BCUT2D eigenvalue weighted by Gasteiger charge is 2.38. The quantitative estimate of drug-likeness (QED) is 0.903. The summed E-state index contributed by atoms with van der Waals surface area (Å²) in [5.74, 6) is -1.28. The number of hydrogen-bond acceptors (Lipinski definition) is 4. The van der Waals surface area contributed by atoms with Crippen molar-refractivity contribution in [1.82, 2.24) is 9.97 Å². The molecular formula is C14H18F2N2O3. The van der Waals surface area contributed by atoms with E-state index in [1.54, 1.807) is 0 Å². The van der Waals surface area contributed by atoms with Crippen molar-refractivity contribution in [1.29, 1.82) is 0 Å². The molecule has 1 aliphatic rings. The van der Waals surface area contributed by atoms with Gasteiger partial charge in [0.2, 0.25) is 0 Å². The second-order valence-electron chi connectivity index (χ2n) is 5.09. The highest BCUT2D eigenvalue weighted by Crippen LogP contribution is 2.39. The summed E-state index contributed by atoms with van der Waals surface area (Å²) in [4.78, 5) is 18.8. The molecule has 116 valence electrons. The van der Waals surface area contributed by atoms with Gasteiger partial charge in [0.1, 0.15) is 16.9 Å². The molecule has 0 saturated heterocycles. The Bertz CT molecular complexity index is 511. The van der Waals surface area contributed by atoms with Crippen LogP contribution in [0.5, 0.6) is 0 Å². The summed E-state index contributed by atoms with van der Waals surface area (Å²) in [5.41, 5.74) is -2.07. The van der Waals surface area contributed by atoms with Crippen LogP contribution in [0.25, 0.3) is 0 Å². The zero-order valence-electron chi connectivity index (χ0n) is 11.8. The number of rotatable bonds is 5. The Balaban J connectivity index is 2.46. The van der Waals surface area contributed by atoms with Crippen molar-refractivity contribution in [2.24, 2.45) is 0 Å². The first kappa shape index (κ1) is 15.8. The molecule has 2 rings (SSSR count). The number of alkyl halides is 2. The first-order chi connectivity index (χ1) is 10.00. The third-order valence-electron chi connectivity index (χ3n) is 3.74. The van der Waals surface area contributed by atoms with Gasteiger partial charge in [-0.2, -0.15) is 0 Å². The van der Waals surface area contributed by atoms with Crippen LogP contribution in [-0.4, -0.2) is 27.7 Å². The van der Waals surface area contributed by atoms with Crippen LogP contribution in [0.1, 0.15) is 67.3 Å². The summed E-state index contributed by atoms with van der Waals surface area (Å²) in [6, 6.07) is 0. The van der Waals surface area contributed by atoms with Crippen LogP contribution in [0, 0.1) is 0 Å². The number of ether oxygens (including phenoxy) is 1. The highest BCUT2D eigenvalue weighted by atomic mass is 19.3. The maximum absolute atomic E-state index is 13.1. The molecule has 7 heteroatoms. The van der Waals surface area contributed by atoms with Gasteiger partial charge >= 0.3 is 5.97 Å². The van der Waals surface area contributed by atoms with Crippen LogP contribution >= 0.6 is 0 Å². The van der Waals surface area contributed by atoms with Crippen molar-refractivity contribution in [2.75, 3.05) is 6.61 Å². The molecule has 0 unspecified atom stereocenters. The first-order valence-corrected chi connectivity index (χ1v) is 7.03. The fourth-order valence-electron chi connectivity index (χ4n) is 2.78. The second kappa shape index (κ2) is 6.43. The van der Waals surface area contributed by atoms with Crippen LogP contribution in [0.15, 0.2) is 6.20 Å². The molecule has 0 aromatic carbocycles. The molecule has 1 fully saturated rings. The minimum absolute atomic E-state index is 0.171. The van der Waals surface area contributed by atoms with Crippen LogP contribution in [0.4, 0.5) is 8.78 Å². The van der Waals surface area contributed by atoms with E-state index in [2.05, 4.69) is 9.97 Å². The minimum atomic E-state index is -2.96. The molecule has 1 aromatic heterocycles. The van der Waals surface area contributed by atoms with Gasteiger partial charge in [-0.05, 0) is 19.8 Å². The predicted molar refractivity (Wildman–Crippen MR) is 70.3 cm³/mol. The molecule has 5 nitrogen and oxygen atoms in total. The van der Waals surface area contributed by atoms with Gasteiger partial charge in [0, 0.05) is 12.8 Å². The number of hydrogen-bond donors (Lipinski definition) is 1. The summed E-state index contributed by atoms with van der Waals surface area (Å²) in [6.07, 6.45) is 2.21. The van der Waals surface area contributed by atoms with E-state index in [4.69, 9.17) is 9.84 Å². The van der Waals surface area contributed by atoms with Gasteiger partial charge in [0.05, 0.1) is 0 Å². The van der Waals surface area contributed by atoms with E-state index in [1.165, 1.54) is 0 Å². The number of carboxylic acid groups (broad SMARTS) is 1. The third kappa shape index (κ3) is 3.18. The Morgan fingerprint density at radius 3 is 2.62 bits per heavy atom. The number of nitrogens with zero attached hydrogens (tertiary/aromatic N) is 2. The van der Waals surface area contributed by atoms with Gasteiger partial charge in [-0.25, -0.2) is 23.5 Å². The van der Waals surface area contributed by atoms with E-state index in [0.29, 0.717) is 19.4 Å². The molecule has 0 radical (unpaired) electrons. The lowest BCUT2D eigenvalue weighted by atomic mass is 9.83. The molecule has 0 aliphatic heterocycles. The number of aromatic carboxylic acids is 1. The van der Waals surface area contributed by atoms with Crippen molar-refractivity contribution in [3.63, 3.8) is 0 Å². The standard InChI is InChI=1S/C14H18F2N2O3/c1-2-21-14(6-4-3-5-7-14)13-17-8-9(12(19)20)10(18-13)11(15)16/h8,11H,2-7H2,1H3,(H,19,20). The Hall–Kier alpha value is -1.63. The van der Waals surface area contributed by atoms with E-state index in [1.807, 2.05) is 6.92 Å². The van der Waals surface area contributed by atoms with E-state index in [0.717, 1.165) is 25.5 Å². The molecule has 1 N–H and O–H groups in total. The van der Waals surface area contributed by atoms with E-state index >= 15 is 0 Å².